The van der Waals surface area contributed by atoms with Crippen LogP contribution in [-0.4, -0.2) is 0 Å². The van der Waals surface area contributed by atoms with E-state index in [1.807, 2.05) is 0 Å². The summed E-state index contributed by atoms with van der Waals surface area (Å²) in [5, 5.41) is 9.60. The van der Waals surface area contributed by atoms with Crippen molar-refractivity contribution in [2.75, 3.05) is 0 Å². The molecule has 2 rings (SSSR count). The van der Waals surface area contributed by atoms with Gasteiger partial charge in [0.05, 0.1) is 11.5 Å². The molecule has 0 aliphatic heterocycles. The van der Waals surface area contributed by atoms with E-state index in [2.05, 4.69) is 32.1 Å². The van der Waals surface area contributed by atoms with Crippen molar-refractivity contribution in [3.05, 3.63) is 12.2 Å². The number of rotatable bonds is 7. The Morgan fingerprint density at radius 1 is 0.957 bits per heavy atom. The van der Waals surface area contributed by atoms with Crippen LogP contribution in [-0.2, 0) is 0 Å². The molecule has 2 fully saturated rings. The number of hydrogen-bond acceptors (Lipinski definition) is 1. The average molecular weight is 316 g/mol. The molecule has 2 aliphatic carbocycles. The van der Waals surface area contributed by atoms with Gasteiger partial charge in [0, 0.05) is 0 Å². The summed E-state index contributed by atoms with van der Waals surface area (Å²) in [6.07, 6.45) is 21.8. The molecule has 0 bridgehead atoms. The number of nitriles is 1. The SMILES string of the molecule is CC/C=C\C1(C#N)CCC(C2CCC(CCCCC)CC2)CC1. The standard InChI is InChI=1S/C22H37N/c1-3-5-7-8-19-9-11-20(12-10-19)21-13-16-22(18-23,17-14-21)15-6-4-2/h6,15,19-21H,3-5,7-14,16-17H2,1-2H3/b15-6-. The van der Waals surface area contributed by atoms with Crippen molar-refractivity contribution < 1.29 is 0 Å². The van der Waals surface area contributed by atoms with Crippen molar-refractivity contribution in [2.24, 2.45) is 23.2 Å². The fourth-order valence-electron chi connectivity index (χ4n) is 4.92. The van der Waals surface area contributed by atoms with Crippen LogP contribution in [0, 0.1) is 34.5 Å². The van der Waals surface area contributed by atoms with Crippen LogP contribution in [0.3, 0.4) is 0 Å². The maximum atomic E-state index is 9.60. The third kappa shape index (κ3) is 5.37. The number of unbranched alkanes of at least 4 members (excludes halogenated alkanes) is 2. The van der Waals surface area contributed by atoms with Gasteiger partial charge in [-0.3, -0.25) is 0 Å². The molecule has 0 aromatic carbocycles. The van der Waals surface area contributed by atoms with E-state index in [4.69, 9.17) is 0 Å². The second-order valence-corrected chi connectivity index (χ2v) is 8.19. The second-order valence-electron chi connectivity index (χ2n) is 8.19. The van der Waals surface area contributed by atoms with Gasteiger partial charge >= 0.3 is 0 Å². The molecule has 1 heteroatoms. The fourth-order valence-corrected chi connectivity index (χ4v) is 4.92. The fraction of sp³-hybridized carbons (Fsp3) is 0.864. The summed E-state index contributed by atoms with van der Waals surface area (Å²) in [5.74, 6) is 2.89. The molecular weight excluding hydrogens is 278 g/mol. The van der Waals surface area contributed by atoms with Gasteiger partial charge in [-0.1, -0.05) is 64.5 Å². The molecule has 0 unspecified atom stereocenters. The van der Waals surface area contributed by atoms with Crippen LogP contribution in [0.2, 0.25) is 0 Å². The Kier molecular flexibility index (Phi) is 7.68. The Labute approximate surface area is 144 Å². The summed E-state index contributed by atoms with van der Waals surface area (Å²) in [4.78, 5) is 0. The minimum Gasteiger partial charge on any atom is -0.197 e. The maximum Gasteiger partial charge on any atom is 0.0753 e. The highest BCUT2D eigenvalue weighted by Gasteiger charge is 2.36. The molecule has 2 saturated carbocycles. The third-order valence-electron chi connectivity index (χ3n) is 6.59. The van der Waals surface area contributed by atoms with Gasteiger partial charge in [-0.15, -0.1) is 0 Å². The summed E-state index contributed by atoms with van der Waals surface area (Å²) < 4.78 is 0. The van der Waals surface area contributed by atoms with Gasteiger partial charge in [-0.05, 0) is 62.7 Å². The lowest BCUT2D eigenvalue weighted by molar-refractivity contribution is 0.136. The van der Waals surface area contributed by atoms with E-state index in [0.29, 0.717) is 0 Å². The Balaban J connectivity index is 1.74. The van der Waals surface area contributed by atoms with Gasteiger partial charge in [0.15, 0.2) is 0 Å². The first-order chi connectivity index (χ1) is 11.2. The molecule has 0 atom stereocenters. The van der Waals surface area contributed by atoms with Crippen LogP contribution >= 0.6 is 0 Å². The van der Waals surface area contributed by atoms with Crippen molar-refractivity contribution in [3.63, 3.8) is 0 Å². The molecule has 2 aliphatic rings. The van der Waals surface area contributed by atoms with Crippen molar-refractivity contribution >= 4 is 0 Å². The highest BCUT2D eigenvalue weighted by molar-refractivity contribution is 5.14. The number of nitrogens with zero attached hydrogens (tertiary/aromatic N) is 1. The first-order valence-electron chi connectivity index (χ1n) is 10.3. The normalized spacial score (nSPS) is 35.3. The molecule has 0 amide bonds. The Morgan fingerprint density at radius 2 is 1.61 bits per heavy atom. The average Bonchev–Trinajstić information content (AvgIpc) is 2.61. The van der Waals surface area contributed by atoms with Crippen LogP contribution in [0.25, 0.3) is 0 Å². The van der Waals surface area contributed by atoms with Gasteiger partial charge in [0.2, 0.25) is 0 Å². The molecule has 0 spiro atoms. The van der Waals surface area contributed by atoms with E-state index in [-0.39, 0.29) is 5.41 Å². The monoisotopic (exact) mass is 315 g/mol. The molecule has 0 radical (unpaired) electrons. The lowest BCUT2D eigenvalue weighted by Crippen LogP contribution is -2.30. The number of hydrogen-bond donors (Lipinski definition) is 0. The zero-order valence-electron chi connectivity index (χ0n) is 15.5. The molecular formula is C22H37N. The van der Waals surface area contributed by atoms with Crippen molar-refractivity contribution in [3.8, 4) is 6.07 Å². The van der Waals surface area contributed by atoms with Crippen LogP contribution < -0.4 is 0 Å². The predicted molar refractivity (Wildman–Crippen MR) is 99.0 cm³/mol. The van der Waals surface area contributed by atoms with Gasteiger partial charge in [-0.25, -0.2) is 0 Å². The zero-order chi connectivity index (χ0) is 16.5. The summed E-state index contributed by atoms with van der Waals surface area (Å²) in [6.45, 7) is 4.46. The third-order valence-corrected chi connectivity index (χ3v) is 6.59. The highest BCUT2D eigenvalue weighted by Crippen LogP contribution is 2.46. The Morgan fingerprint density at radius 3 is 2.17 bits per heavy atom. The van der Waals surface area contributed by atoms with Gasteiger partial charge in [0.25, 0.3) is 0 Å². The van der Waals surface area contributed by atoms with E-state index in [1.165, 1.54) is 64.2 Å². The van der Waals surface area contributed by atoms with Gasteiger partial charge in [-0.2, -0.15) is 5.26 Å². The molecule has 0 aromatic heterocycles. The first kappa shape index (κ1) is 18.6. The molecule has 0 heterocycles. The van der Waals surface area contributed by atoms with Crippen LogP contribution in [0.5, 0.6) is 0 Å². The van der Waals surface area contributed by atoms with Crippen LogP contribution in [0.15, 0.2) is 12.2 Å². The summed E-state index contributed by atoms with van der Waals surface area (Å²) in [6, 6.07) is 2.62. The molecule has 0 aromatic rings. The van der Waals surface area contributed by atoms with Gasteiger partial charge < -0.3 is 0 Å². The van der Waals surface area contributed by atoms with Crippen LogP contribution in [0.1, 0.15) is 97.3 Å². The lowest BCUT2D eigenvalue weighted by atomic mass is 9.64. The lowest BCUT2D eigenvalue weighted by Gasteiger charge is -2.39. The molecule has 23 heavy (non-hydrogen) atoms. The van der Waals surface area contributed by atoms with Gasteiger partial charge in [0.1, 0.15) is 0 Å². The Hall–Kier alpha value is -0.770. The summed E-state index contributed by atoms with van der Waals surface area (Å²) >= 11 is 0. The highest BCUT2D eigenvalue weighted by atomic mass is 14.4. The van der Waals surface area contributed by atoms with E-state index >= 15 is 0 Å². The Bertz CT molecular complexity index is 387. The minimum absolute atomic E-state index is 0.135. The van der Waals surface area contributed by atoms with E-state index in [0.717, 1.165) is 37.0 Å². The summed E-state index contributed by atoms with van der Waals surface area (Å²) in [5.41, 5.74) is -0.135. The summed E-state index contributed by atoms with van der Waals surface area (Å²) in [7, 11) is 0. The van der Waals surface area contributed by atoms with E-state index in [9.17, 15) is 5.26 Å². The smallest absolute Gasteiger partial charge is 0.0753 e. The second kappa shape index (κ2) is 9.51. The number of allylic oxidation sites excluding steroid dienone is 2. The largest absolute Gasteiger partial charge is 0.197 e. The van der Waals surface area contributed by atoms with Crippen molar-refractivity contribution in [1.82, 2.24) is 0 Å². The maximum absolute atomic E-state index is 9.60. The molecule has 130 valence electrons. The van der Waals surface area contributed by atoms with E-state index in [1.54, 1.807) is 0 Å². The van der Waals surface area contributed by atoms with Crippen molar-refractivity contribution in [1.29, 1.82) is 5.26 Å². The molecule has 0 N–H and O–H groups in total. The molecule has 1 nitrogen and oxygen atoms in total. The van der Waals surface area contributed by atoms with E-state index < -0.39 is 0 Å². The predicted octanol–water partition coefficient (Wildman–Crippen LogP) is 7.04. The topological polar surface area (TPSA) is 23.8 Å². The van der Waals surface area contributed by atoms with Crippen molar-refractivity contribution in [2.45, 2.75) is 97.3 Å². The van der Waals surface area contributed by atoms with Crippen LogP contribution in [0.4, 0.5) is 0 Å². The minimum atomic E-state index is -0.135. The zero-order valence-corrected chi connectivity index (χ0v) is 15.5. The quantitative estimate of drug-likeness (QED) is 0.365. The first-order valence-corrected chi connectivity index (χ1v) is 10.3. The molecule has 0 saturated heterocycles.